The van der Waals surface area contributed by atoms with Crippen molar-refractivity contribution in [2.24, 2.45) is 0 Å². The Balaban J connectivity index is 2.23. The molecule has 0 saturated heterocycles. The Morgan fingerprint density at radius 1 is 1.16 bits per heavy atom. The summed E-state index contributed by atoms with van der Waals surface area (Å²) in [6, 6.07) is 13.4. The first-order chi connectivity index (χ1) is 11.8. The molecule has 2 aromatic rings. The maximum absolute atomic E-state index is 12.4. The highest BCUT2D eigenvalue weighted by atomic mass is 35.5. The maximum Gasteiger partial charge on any atom is 0.245 e. The molecule has 1 amide bonds. The molecule has 2 rings (SSSR count). The molecule has 1 N–H and O–H groups in total. The van der Waals surface area contributed by atoms with Gasteiger partial charge in [-0.15, -0.1) is 0 Å². The highest BCUT2D eigenvalue weighted by Crippen LogP contribution is 2.28. The Kier molecular flexibility index (Phi) is 6.27. The number of carbonyl (C=O) groups is 1. The van der Waals surface area contributed by atoms with E-state index in [-0.39, 0.29) is 10.7 Å². The van der Waals surface area contributed by atoms with Crippen LogP contribution >= 0.6 is 11.6 Å². The number of nitrogens with one attached hydrogen (secondary N) is 1. The molecule has 0 spiro atoms. The number of amides is 1. The molecule has 8 heteroatoms. The van der Waals surface area contributed by atoms with E-state index >= 15 is 0 Å². The maximum atomic E-state index is 12.4. The fourth-order valence-corrected chi connectivity index (χ4v) is 3.36. The molecule has 134 valence electrons. The lowest BCUT2D eigenvalue weighted by molar-refractivity contribution is -0.114. The van der Waals surface area contributed by atoms with E-state index in [2.05, 4.69) is 5.32 Å². The summed E-state index contributed by atoms with van der Waals surface area (Å²) in [6.45, 7) is 1.88. The number of ether oxygens (including phenoxy) is 1. The van der Waals surface area contributed by atoms with Crippen LogP contribution in [0.5, 0.6) is 5.75 Å². The van der Waals surface area contributed by atoms with Gasteiger partial charge in [-0.25, -0.2) is 8.42 Å². The number of nitrogens with zero attached hydrogens (tertiary/aromatic N) is 1. The average Bonchev–Trinajstić information content (AvgIpc) is 2.54. The SMILES string of the molecule is CCOc1ccccc1NC(=O)CN(c1ccccc1Cl)S(C)(=O)=O. The highest BCUT2D eigenvalue weighted by Gasteiger charge is 2.23. The number of benzene rings is 2. The summed E-state index contributed by atoms with van der Waals surface area (Å²) in [7, 11) is -3.69. The van der Waals surface area contributed by atoms with Crippen LogP contribution in [0.25, 0.3) is 0 Å². The molecule has 0 unspecified atom stereocenters. The standard InChI is InChI=1S/C17H19ClN2O4S/c1-3-24-16-11-7-5-9-14(16)19-17(21)12-20(25(2,22)23)15-10-6-4-8-13(15)18/h4-11H,3,12H2,1-2H3,(H,19,21). The molecule has 6 nitrogen and oxygen atoms in total. The van der Waals surface area contributed by atoms with Gasteiger partial charge in [-0.05, 0) is 31.2 Å². The molecule has 0 atom stereocenters. The molecule has 0 aliphatic carbocycles. The van der Waals surface area contributed by atoms with Gasteiger partial charge >= 0.3 is 0 Å². The lowest BCUT2D eigenvalue weighted by atomic mass is 10.3. The zero-order chi connectivity index (χ0) is 18.4. The van der Waals surface area contributed by atoms with Crippen molar-refractivity contribution in [3.05, 3.63) is 53.6 Å². The van der Waals surface area contributed by atoms with Crippen molar-refractivity contribution in [3.8, 4) is 5.75 Å². The van der Waals surface area contributed by atoms with Crippen LogP contribution in [0.3, 0.4) is 0 Å². The quantitative estimate of drug-likeness (QED) is 0.798. The first kappa shape index (κ1) is 19.1. The Morgan fingerprint density at radius 3 is 2.44 bits per heavy atom. The van der Waals surface area contributed by atoms with Crippen molar-refractivity contribution in [3.63, 3.8) is 0 Å². The normalized spacial score (nSPS) is 11.0. The average molecular weight is 383 g/mol. The second-order valence-electron chi connectivity index (χ2n) is 5.20. The Morgan fingerprint density at radius 2 is 1.80 bits per heavy atom. The van der Waals surface area contributed by atoms with E-state index < -0.39 is 22.5 Å². The predicted molar refractivity (Wildman–Crippen MR) is 99.9 cm³/mol. The molecule has 0 fully saturated rings. The summed E-state index contributed by atoms with van der Waals surface area (Å²) < 4.78 is 30.6. The molecular weight excluding hydrogens is 364 g/mol. The zero-order valence-corrected chi connectivity index (χ0v) is 15.5. The molecule has 0 heterocycles. The van der Waals surface area contributed by atoms with E-state index in [9.17, 15) is 13.2 Å². The molecule has 0 saturated carbocycles. The van der Waals surface area contributed by atoms with Crippen molar-refractivity contribution in [2.45, 2.75) is 6.92 Å². The Hall–Kier alpha value is -2.25. The van der Waals surface area contributed by atoms with Gasteiger partial charge < -0.3 is 10.1 Å². The van der Waals surface area contributed by atoms with Crippen LogP contribution in [0.1, 0.15) is 6.92 Å². The first-order valence-corrected chi connectivity index (χ1v) is 9.79. The Bertz CT molecular complexity index is 855. The molecule has 0 bridgehead atoms. The van der Waals surface area contributed by atoms with E-state index in [1.165, 1.54) is 0 Å². The molecule has 0 aliphatic heterocycles. The van der Waals surface area contributed by atoms with Gasteiger partial charge in [-0.2, -0.15) is 0 Å². The van der Waals surface area contributed by atoms with E-state index in [0.29, 0.717) is 18.0 Å². The van der Waals surface area contributed by atoms with Crippen LogP contribution in [0.15, 0.2) is 48.5 Å². The highest BCUT2D eigenvalue weighted by molar-refractivity contribution is 7.92. The van der Waals surface area contributed by atoms with Crippen molar-refractivity contribution >= 4 is 38.9 Å². The van der Waals surface area contributed by atoms with Crippen LogP contribution in [-0.4, -0.2) is 33.7 Å². The lowest BCUT2D eigenvalue weighted by Crippen LogP contribution is -2.37. The predicted octanol–water partition coefficient (Wildman–Crippen LogP) is 3.14. The van der Waals surface area contributed by atoms with E-state index in [4.69, 9.17) is 16.3 Å². The largest absolute Gasteiger partial charge is 0.492 e. The van der Waals surface area contributed by atoms with Crippen molar-refractivity contribution in [1.82, 2.24) is 0 Å². The summed E-state index contributed by atoms with van der Waals surface area (Å²) in [6.07, 6.45) is 1.03. The third-order valence-corrected chi connectivity index (χ3v) is 4.72. The number of sulfonamides is 1. The van der Waals surface area contributed by atoms with E-state index in [0.717, 1.165) is 10.6 Å². The number of anilines is 2. The monoisotopic (exact) mass is 382 g/mol. The minimum absolute atomic E-state index is 0.246. The molecule has 0 radical (unpaired) electrons. The topological polar surface area (TPSA) is 75.7 Å². The molecule has 0 aliphatic rings. The summed E-state index contributed by atoms with van der Waals surface area (Å²) >= 11 is 6.08. The van der Waals surface area contributed by atoms with Crippen molar-refractivity contribution in [2.75, 3.05) is 29.0 Å². The van der Waals surface area contributed by atoms with Crippen molar-refractivity contribution in [1.29, 1.82) is 0 Å². The number of rotatable bonds is 7. The lowest BCUT2D eigenvalue weighted by Gasteiger charge is -2.23. The van der Waals surface area contributed by atoms with Crippen LogP contribution in [0, 0.1) is 0 Å². The van der Waals surface area contributed by atoms with Gasteiger partial charge in [-0.1, -0.05) is 35.9 Å². The first-order valence-electron chi connectivity index (χ1n) is 7.57. The summed E-state index contributed by atoms with van der Waals surface area (Å²) in [5.41, 5.74) is 0.724. The zero-order valence-electron chi connectivity index (χ0n) is 13.9. The smallest absolute Gasteiger partial charge is 0.245 e. The number of halogens is 1. The molecule has 0 aromatic heterocycles. The second-order valence-corrected chi connectivity index (χ2v) is 7.51. The molecule has 25 heavy (non-hydrogen) atoms. The number of para-hydroxylation sites is 3. The number of hydrogen-bond donors (Lipinski definition) is 1. The third kappa shape index (κ3) is 5.11. The Labute approximate surface area is 152 Å². The minimum Gasteiger partial charge on any atom is -0.492 e. The van der Waals surface area contributed by atoms with Gasteiger partial charge in [-0.3, -0.25) is 9.10 Å². The fraction of sp³-hybridized carbons (Fsp3) is 0.235. The molecular formula is C17H19ClN2O4S. The second kappa shape index (κ2) is 8.22. The minimum atomic E-state index is -3.69. The fourth-order valence-electron chi connectivity index (χ4n) is 2.21. The van der Waals surface area contributed by atoms with Gasteiger partial charge in [0.15, 0.2) is 0 Å². The summed E-state index contributed by atoms with van der Waals surface area (Å²) in [4.78, 5) is 12.4. The van der Waals surface area contributed by atoms with E-state index in [1.54, 1.807) is 48.5 Å². The number of hydrogen-bond acceptors (Lipinski definition) is 4. The van der Waals surface area contributed by atoms with Crippen LogP contribution in [0.4, 0.5) is 11.4 Å². The van der Waals surface area contributed by atoms with Crippen LogP contribution < -0.4 is 14.4 Å². The van der Waals surface area contributed by atoms with Gasteiger partial charge in [0.1, 0.15) is 12.3 Å². The van der Waals surface area contributed by atoms with Crippen LogP contribution in [0.2, 0.25) is 5.02 Å². The van der Waals surface area contributed by atoms with E-state index in [1.807, 2.05) is 6.92 Å². The third-order valence-electron chi connectivity index (χ3n) is 3.27. The molecule has 2 aromatic carbocycles. The van der Waals surface area contributed by atoms with Crippen molar-refractivity contribution < 1.29 is 17.9 Å². The van der Waals surface area contributed by atoms with Crippen LogP contribution in [-0.2, 0) is 14.8 Å². The summed E-state index contributed by atoms with van der Waals surface area (Å²) in [5, 5.41) is 2.92. The van der Waals surface area contributed by atoms with Gasteiger partial charge in [0, 0.05) is 0 Å². The van der Waals surface area contributed by atoms with Gasteiger partial charge in [0.25, 0.3) is 0 Å². The van der Waals surface area contributed by atoms with Gasteiger partial charge in [0.2, 0.25) is 15.9 Å². The number of carbonyl (C=O) groups excluding carboxylic acids is 1. The summed E-state index contributed by atoms with van der Waals surface area (Å²) in [5.74, 6) is 0.0134. The van der Waals surface area contributed by atoms with Gasteiger partial charge in [0.05, 0.1) is 29.3 Å².